The molecule has 5 N–H and O–H groups in total. The predicted molar refractivity (Wildman–Crippen MR) is 88.6 cm³/mol. The van der Waals surface area contributed by atoms with E-state index < -0.39 is 6.10 Å². The summed E-state index contributed by atoms with van der Waals surface area (Å²) in [5, 5.41) is 36.4. The van der Waals surface area contributed by atoms with Gasteiger partial charge in [-0.2, -0.15) is 0 Å². The van der Waals surface area contributed by atoms with Crippen molar-refractivity contribution in [2.45, 2.75) is 71.5 Å². The van der Waals surface area contributed by atoms with Crippen LogP contribution in [0.25, 0.3) is 0 Å². The summed E-state index contributed by atoms with van der Waals surface area (Å²) in [5.41, 5.74) is 0.684. The van der Waals surface area contributed by atoms with Gasteiger partial charge in [0.15, 0.2) is 0 Å². The Bertz CT molecular complexity index is 474. The number of benzene rings is 1. The van der Waals surface area contributed by atoms with E-state index in [1.54, 1.807) is 12.1 Å². The van der Waals surface area contributed by atoms with Crippen LogP contribution in [0.3, 0.4) is 0 Å². The minimum absolute atomic E-state index is 0.0301. The lowest BCUT2D eigenvalue weighted by atomic mass is 9.99. The molecule has 0 amide bonds. The Morgan fingerprint density at radius 1 is 1.00 bits per heavy atom. The van der Waals surface area contributed by atoms with E-state index in [-0.39, 0.29) is 29.6 Å². The number of aliphatic hydroxyl groups excluding tert-OH is 2. The molecule has 0 bridgehead atoms. The minimum atomic E-state index is -0.815. The first kappa shape index (κ1) is 18.9. The third-order valence-electron chi connectivity index (χ3n) is 3.11. The minimum Gasteiger partial charge on any atom is -0.508 e. The van der Waals surface area contributed by atoms with Crippen LogP contribution in [0.4, 0.5) is 0 Å². The molecular weight excluding hydrogens is 280 g/mol. The van der Waals surface area contributed by atoms with Gasteiger partial charge in [0.1, 0.15) is 11.9 Å². The standard InChI is InChI=1S/C17H30N2O3/c1-16(2,3)18-15(19-17(4,5)6)14(22)11-7-8-13(21)12(9-11)10-20/h7-9,14-15,18-22H,10H2,1-6H3. The predicted octanol–water partition coefficient (Wildman–Crippen LogP) is 2.02. The van der Waals surface area contributed by atoms with Crippen molar-refractivity contribution in [3.8, 4) is 5.75 Å². The molecule has 0 fully saturated rings. The molecule has 22 heavy (non-hydrogen) atoms. The molecule has 0 aliphatic rings. The van der Waals surface area contributed by atoms with Crippen molar-refractivity contribution in [3.05, 3.63) is 29.3 Å². The van der Waals surface area contributed by atoms with E-state index in [2.05, 4.69) is 10.6 Å². The van der Waals surface area contributed by atoms with Crippen LogP contribution in [0.1, 0.15) is 58.8 Å². The van der Waals surface area contributed by atoms with Crippen molar-refractivity contribution < 1.29 is 15.3 Å². The molecule has 5 heteroatoms. The van der Waals surface area contributed by atoms with Crippen molar-refractivity contribution >= 4 is 0 Å². The van der Waals surface area contributed by atoms with Crippen LogP contribution in [-0.4, -0.2) is 32.6 Å². The second-order valence-electron chi connectivity index (χ2n) is 7.76. The topological polar surface area (TPSA) is 84.8 Å². The first-order valence-corrected chi connectivity index (χ1v) is 7.59. The number of rotatable bonds is 5. The largest absolute Gasteiger partial charge is 0.508 e. The lowest BCUT2D eigenvalue weighted by Crippen LogP contribution is -2.58. The zero-order valence-corrected chi connectivity index (χ0v) is 14.4. The molecule has 1 atom stereocenters. The van der Waals surface area contributed by atoms with Gasteiger partial charge >= 0.3 is 0 Å². The summed E-state index contributed by atoms with van der Waals surface area (Å²) in [4.78, 5) is 0. The number of hydrogen-bond donors (Lipinski definition) is 5. The van der Waals surface area contributed by atoms with Crippen molar-refractivity contribution in [2.75, 3.05) is 0 Å². The van der Waals surface area contributed by atoms with Gasteiger partial charge < -0.3 is 15.3 Å². The molecule has 0 aliphatic heterocycles. The highest BCUT2D eigenvalue weighted by Crippen LogP contribution is 2.25. The monoisotopic (exact) mass is 310 g/mol. The first-order chi connectivity index (χ1) is 9.93. The van der Waals surface area contributed by atoms with Crippen LogP contribution in [-0.2, 0) is 6.61 Å². The Labute approximate surface area is 133 Å². The van der Waals surface area contributed by atoms with E-state index >= 15 is 0 Å². The molecular formula is C17H30N2O3. The number of aliphatic hydroxyl groups is 2. The average Bonchev–Trinajstić information content (AvgIpc) is 2.34. The molecule has 1 aromatic carbocycles. The second-order valence-corrected chi connectivity index (χ2v) is 7.76. The lowest BCUT2D eigenvalue weighted by Gasteiger charge is -2.37. The van der Waals surface area contributed by atoms with E-state index in [0.29, 0.717) is 11.1 Å². The molecule has 0 saturated carbocycles. The van der Waals surface area contributed by atoms with Crippen LogP contribution in [0.2, 0.25) is 0 Å². The van der Waals surface area contributed by atoms with Crippen LogP contribution < -0.4 is 10.6 Å². The highest BCUT2D eigenvalue weighted by molar-refractivity contribution is 5.37. The molecule has 0 saturated heterocycles. The van der Waals surface area contributed by atoms with Gasteiger partial charge in [-0.05, 0) is 59.2 Å². The number of phenols is 1. The smallest absolute Gasteiger partial charge is 0.121 e. The second kappa shape index (κ2) is 6.96. The van der Waals surface area contributed by atoms with E-state index in [1.807, 2.05) is 41.5 Å². The maximum Gasteiger partial charge on any atom is 0.121 e. The van der Waals surface area contributed by atoms with E-state index in [1.165, 1.54) is 6.07 Å². The number of nitrogens with one attached hydrogen (secondary N) is 2. The maximum atomic E-state index is 10.7. The summed E-state index contributed by atoms with van der Waals surface area (Å²) in [5.74, 6) is 0.0301. The fraction of sp³-hybridized carbons (Fsp3) is 0.647. The molecule has 0 spiro atoms. The third kappa shape index (κ3) is 5.93. The van der Waals surface area contributed by atoms with E-state index in [9.17, 15) is 15.3 Å². The van der Waals surface area contributed by atoms with Crippen LogP contribution >= 0.6 is 0 Å². The molecule has 126 valence electrons. The van der Waals surface area contributed by atoms with E-state index in [0.717, 1.165) is 0 Å². The lowest BCUT2D eigenvalue weighted by molar-refractivity contribution is 0.0796. The molecule has 0 heterocycles. The Morgan fingerprint density at radius 2 is 1.50 bits per heavy atom. The fourth-order valence-electron chi connectivity index (χ4n) is 2.24. The molecule has 1 rings (SSSR count). The van der Waals surface area contributed by atoms with Crippen LogP contribution in [0.15, 0.2) is 18.2 Å². The molecule has 0 aromatic heterocycles. The molecule has 0 radical (unpaired) electrons. The summed E-state index contributed by atoms with van der Waals surface area (Å²) < 4.78 is 0. The Morgan fingerprint density at radius 3 is 1.91 bits per heavy atom. The zero-order valence-electron chi connectivity index (χ0n) is 14.4. The van der Waals surface area contributed by atoms with Gasteiger partial charge in [0.2, 0.25) is 0 Å². The quantitative estimate of drug-likeness (QED) is 0.537. The van der Waals surface area contributed by atoms with Gasteiger partial charge in [0.05, 0.1) is 12.8 Å². The van der Waals surface area contributed by atoms with Gasteiger partial charge in [-0.3, -0.25) is 10.6 Å². The molecule has 1 aromatic rings. The average molecular weight is 310 g/mol. The summed E-state index contributed by atoms with van der Waals surface area (Å²) >= 11 is 0. The van der Waals surface area contributed by atoms with E-state index in [4.69, 9.17) is 0 Å². The summed E-state index contributed by atoms with van der Waals surface area (Å²) in [7, 11) is 0. The SMILES string of the molecule is CC(C)(C)NC(NC(C)(C)C)C(O)c1ccc(O)c(CO)c1. The van der Waals surface area contributed by atoms with Crippen molar-refractivity contribution in [2.24, 2.45) is 0 Å². The van der Waals surface area contributed by atoms with Crippen molar-refractivity contribution in [3.63, 3.8) is 0 Å². The Kier molecular flexibility index (Phi) is 5.98. The van der Waals surface area contributed by atoms with Gasteiger partial charge in [-0.25, -0.2) is 0 Å². The highest BCUT2D eigenvalue weighted by Gasteiger charge is 2.28. The Hall–Kier alpha value is -1.14. The summed E-state index contributed by atoms with van der Waals surface area (Å²) in [6.45, 7) is 11.9. The van der Waals surface area contributed by atoms with Gasteiger partial charge in [-0.15, -0.1) is 0 Å². The molecule has 5 nitrogen and oxygen atoms in total. The maximum absolute atomic E-state index is 10.7. The normalized spacial score (nSPS) is 14.4. The van der Waals surface area contributed by atoms with Crippen molar-refractivity contribution in [1.82, 2.24) is 10.6 Å². The highest BCUT2D eigenvalue weighted by atomic mass is 16.3. The van der Waals surface area contributed by atoms with Gasteiger partial charge in [0, 0.05) is 16.6 Å². The Balaban J connectivity index is 3.07. The van der Waals surface area contributed by atoms with Crippen molar-refractivity contribution in [1.29, 1.82) is 0 Å². The first-order valence-electron chi connectivity index (χ1n) is 7.59. The molecule has 1 unspecified atom stereocenters. The van der Waals surface area contributed by atoms with Crippen LogP contribution in [0.5, 0.6) is 5.75 Å². The fourth-order valence-corrected chi connectivity index (χ4v) is 2.24. The summed E-state index contributed by atoms with van der Waals surface area (Å²) in [6.07, 6.45) is -1.18. The number of aromatic hydroxyl groups is 1. The molecule has 0 aliphatic carbocycles. The third-order valence-corrected chi connectivity index (χ3v) is 3.11. The van der Waals surface area contributed by atoms with Gasteiger partial charge in [-0.1, -0.05) is 6.07 Å². The zero-order chi connectivity index (χ0) is 17.1. The van der Waals surface area contributed by atoms with Gasteiger partial charge in [0.25, 0.3) is 0 Å². The number of hydrogen-bond acceptors (Lipinski definition) is 5. The van der Waals surface area contributed by atoms with Crippen LogP contribution in [0, 0.1) is 0 Å². The summed E-state index contributed by atoms with van der Waals surface area (Å²) in [6, 6.07) is 4.79.